The van der Waals surface area contributed by atoms with Gasteiger partial charge >= 0.3 is 0 Å². The molecule has 0 bridgehead atoms. The number of halogens is 20. The van der Waals surface area contributed by atoms with Crippen LogP contribution in [0.1, 0.15) is 55.8 Å². The number of hydrogen-bond acceptors (Lipinski definition) is 3. The van der Waals surface area contributed by atoms with E-state index in [4.69, 9.17) is 4.74 Å². The summed E-state index contributed by atoms with van der Waals surface area (Å²) in [6.45, 7) is 3.19. The number of nitrogens with zero attached hydrogens (tertiary/aromatic N) is 2. The highest BCUT2D eigenvalue weighted by atomic mass is 19.2. The Kier molecular flexibility index (Phi) is 16.8. The molecule has 1 heterocycles. The number of ether oxygens (including phenoxy) is 1. The molecule has 0 saturated heterocycles. The number of ketones is 1. The van der Waals surface area contributed by atoms with E-state index >= 15 is 35.1 Å². The van der Waals surface area contributed by atoms with Gasteiger partial charge in [-0.1, -0.05) is 69.4 Å². The molecule has 0 spiro atoms. The van der Waals surface area contributed by atoms with Gasteiger partial charge in [0.15, 0.2) is 76.0 Å². The normalized spacial score (nSPS) is 11.5. The fourth-order valence-electron chi connectivity index (χ4n) is 7.40. The average molecular weight is 1010 g/mol. The number of carbonyl (C=O) groups is 1. The van der Waals surface area contributed by atoms with E-state index in [9.17, 15) is 57.5 Å². The quantitative estimate of drug-likeness (QED) is 0.0196. The molecule has 25 heteroatoms. The van der Waals surface area contributed by atoms with E-state index in [0.717, 1.165) is 12.0 Å². The highest BCUT2D eigenvalue weighted by molar-refractivity contribution is 7.20. The molecule has 0 atom stereocenters. The standard InChI is InChI=1S/C24BF20.C20H27N2O2/c26-5-1(6(27)14(35)21(42)13(5)34)25(2-7(28)15(36)22(43)16(37)8(2)29,3-9(30)17(38)23(44)18(39)10(3)31)4-11(32)19(40)24(45)20(41)12(4)33;1-2-3-4-5-6-10-15-24-20-17-22(14-13-21-20)16-19(23)18-11-8-7-9-12-18/h;7-9,11-14,17H,2-6,10,15-16H2,1H3/q-1;+1. The highest BCUT2D eigenvalue weighted by Crippen LogP contribution is 2.31. The summed E-state index contributed by atoms with van der Waals surface area (Å²) in [6, 6.07) is 9.32. The van der Waals surface area contributed by atoms with Crippen molar-refractivity contribution in [3.63, 3.8) is 0 Å². The van der Waals surface area contributed by atoms with Crippen LogP contribution in [0.5, 0.6) is 5.88 Å². The van der Waals surface area contributed by atoms with Crippen molar-refractivity contribution in [3.05, 3.63) is 171 Å². The molecule has 0 radical (unpaired) electrons. The van der Waals surface area contributed by atoms with Gasteiger partial charge in [-0.15, -0.1) is 21.9 Å². The van der Waals surface area contributed by atoms with E-state index in [1.165, 1.54) is 32.1 Å². The van der Waals surface area contributed by atoms with Crippen LogP contribution in [0.15, 0.2) is 48.9 Å². The van der Waals surface area contributed by atoms with E-state index in [1.807, 2.05) is 34.9 Å². The SMILES string of the molecule is CCCCCCCCOc1c[n+](CC(=O)c2ccccc2)ccn1.Fc1c(F)c(F)c([B-](c2c(F)c(F)c(F)c(F)c2F)(c2c(F)c(F)c(F)c(F)c2F)c2c(F)c(F)c(F)c(F)c2F)c(F)c1F. The van der Waals surface area contributed by atoms with Crippen LogP contribution >= 0.6 is 0 Å². The van der Waals surface area contributed by atoms with E-state index in [0.29, 0.717) is 19.0 Å². The van der Waals surface area contributed by atoms with E-state index < -0.39 is 144 Å². The van der Waals surface area contributed by atoms with Crippen LogP contribution in [0.3, 0.4) is 0 Å². The number of unbranched alkanes of at least 4 members (excludes halogenated alkanes) is 5. The second kappa shape index (κ2) is 21.7. The molecule has 0 saturated carbocycles. The Bertz CT molecular complexity index is 2540. The molecule has 6 rings (SSSR count). The third-order valence-electron chi connectivity index (χ3n) is 10.6. The number of hydrogen-bond donors (Lipinski definition) is 0. The smallest absolute Gasteiger partial charge is 0.279 e. The first-order valence-electron chi connectivity index (χ1n) is 19.8. The number of carbonyl (C=O) groups excluding carboxylic acids is 1. The molecule has 0 amide bonds. The molecule has 1 aromatic heterocycles. The lowest BCUT2D eigenvalue weighted by Crippen LogP contribution is -2.81. The third kappa shape index (κ3) is 9.81. The summed E-state index contributed by atoms with van der Waals surface area (Å²) in [5.41, 5.74) is -13.6. The van der Waals surface area contributed by atoms with E-state index in [-0.39, 0.29) is 5.78 Å². The summed E-state index contributed by atoms with van der Waals surface area (Å²) in [5.74, 6) is -70.8. The first-order chi connectivity index (χ1) is 32.5. The summed E-state index contributed by atoms with van der Waals surface area (Å²) in [7, 11) is 0. The molecule has 4 nitrogen and oxygen atoms in total. The Labute approximate surface area is 375 Å². The number of rotatable bonds is 15. The van der Waals surface area contributed by atoms with E-state index in [1.54, 1.807) is 18.6 Å². The summed E-state index contributed by atoms with van der Waals surface area (Å²) in [4.78, 5) is 16.4. The van der Waals surface area contributed by atoms with Crippen molar-refractivity contribution in [1.29, 1.82) is 0 Å². The minimum absolute atomic E-state index is 0.0775. The van der Waals surface area contributed by atoms with Crippen molar-refractivity contribution < 1.29 is 102 Å². The van der Waals surface area contributed by atoms with Crippen LogP contribution in [0.4, 0.5) is 87.8 Å². The minimum Gasteiger partial charge on any atom is -0.473 e. The van der Waals surface area contributed by atoms with Crippen molar-refractivity contribution in [3.8, 4) is 5.88 Å². The summed E-state index contributed by atoms with van der Waals surface area (Å²) < 4.78 is 301. The largest absolute Gasteiger partial charge is 0.473 e. The van der Waals surface area contributed by atoms with Gasteiger partial charge in [-0.25, -0.2) is 92.8 Å². The Hall–Kier alpha value is -6.69. The lowest BCUT2D eigenvalue weighted by Gasteiger charge is -2.44. The zero-order valence-electron chi connectivity index (χ0n) is 34.6. The predicted octanol–water partition coefficient (Wildman–Crippen LogP) is 9.84. The molecule has 0 aliphatic carbocycles. The zero-order chi connectivity index (χ0) is 51.4. The van der Waals surface area contributed by atoms with Crippen LogP contribution in [-0.2, 0) is 6.54 Å². The Morgan fingerprint density at radius 2 is 0.783 bits per heavy atom. The van der Waals surface area contributed by atoms with Gasteiger partial charge in [-0.2, -0.15) is 4.57 Å². The van der Waals surface area contributed by atoms with Crippen LogP contribution in [0.25, 0.3) is 0 Å². The minimum atomic E-state index is -7.22. The molecule has 0 aliphatic rings. The molecule has 0 aliphatic heterocycles. The maximum atomic E-state index is 15.4. The third-order valence-corrected chi connectivity index (χ3v) is 10.6. The zero-order valence-corrected chi connectivity index (χ0v) is 34.6. The second-order valence-electron chi connectivity index (χ2n) is 14.8. The lowest BCUT2D eigenvalue weighted by molar-refractivity contribution is -0.684. The summed E-state index contributed by atoms with van der Waals surface area (Å²) in [5, 5.41) is 0. The summed E-state index contributed by atoms with van der Waals surface area (Å²) >= 11 is 0. The lowest BCUT2D eigenvalue weighted by atomic mass is 9.12. The molecule has 6 aromatic rings. The van der Waals surface area contributed by atoms with Gasteiger partial charge in [0, 0.05) is 5.56 Å². The van der Waals surface area contributed by atoms with Crippen molar-refractivity contribution >= 4 is 33.8 Å². The number of benzene rings is 5. The van der Waals surface area contributed by atoms with Crippen molar-refractivity contribution in [1.82, 2.24) is 4.98 Å². The van der Waals surface area contributed by atoms with Gasteiger partial charge in [0.05, 0.1) is 12.8 Å². The first kappa shape index (κ1) is 53.3. The average Bonchev–Trinajstić information content (AvgIpc) is 3.34. The molecule has 368 valence electrons. The Morgan fingerprint density at radius 1 is 0.464 bits per heavy atom. The van der Waals surface area contributed by atoms with Gasteiger partial charge < -0.3 is 4.74 Å². The summed E-state index contributed by atoms with van der Waals surface area (Å²) in [6.07, 6.45) is 5.44. The molecule has 69 heavy (non-hydrogen) atoms. The Balaban J connectivity index is 0.000000311. The maximum Gasteiger partial charge on any atom is 0.279 e. The molecule has 0 fully saturated rings. The first-order valence-corrected chi connectivity index (χ1v) is 19.8. The Morgan fingerprint density at radius 3 is 1.13 bits per heavy atom. The van der Waals surface area contributed by atoms with Gasteiger partial charge in [0.25, 0.3) is 5.88 Å². The monoisotopic (exact) mass is 1010 g/mol. The van der Waals surface area contributed by atoms with Crippen molar-refractivity contribution in [2.75, 3.05) is 6.61 Å². The predicted molar refractivity (Wildman–Crippen MR) is 203 cm³/mol. The number of Topliss-reactive ketones (excluding diaryl/α,β-unsaturated/α-hetero) is 1. The van der Waals surface area contributed by atoms with Gasteiger partial charge in [-0.05, 0) is 6.42 Å². The molecular formula is C44H27BF20N2O2. The molecular weight excluding hydrogens is 979 g/mol. The van der Waals surface area contributed by atoms with E-state index in [2.05, 4.69) is 11.9 Å². The van der Waals surface area contributed by atoms with Crippen LogP contribution < -0.4 is 31.2 Å². The van der Waals surface area contributed by atoms with Crippen molar-refractivity contribution in [2.24, 2.45) is 0 Å². The van der Waals surface area contributed by atoms with Gasteiger partial charge in [0.1, 0.15) is 52.7 Å². The second-order valence-corrected chi connectivity index (χ2v) is 14.8. The fourth-order valence-corrected chi connectivity index (χ4v) is 7.40. The topological polar surface area (TPSA) is 43.1 Å². The molecule has 0 unspecified atom stereocenters. The van der Waals surface area contributed by atoms with Crippen molar-refractivity contribution in [2.45, 2.75) is 52.0 Å². The van der Waals surface area contributed by atoms with Crippen LogP contribution in [0, 0.1) is 116 Å². The van der Waals surface area contributed by atoms with Gasteiger partial charge in [-0.3, -0.25) is 4.79 Å². The van der Waals surface area contributed by atoms with Crippen LogP contribution in [0.2, 0.25) is 0 Å². The molecule has 5 aromatic carbocycles. The maximum absolute atomic E-state index is 15.4. The highest BCUT2D eigenvalue weighted by Gasteiger charge is 2.52. The van der Waals surface area contributed by atoms with Crippen LogP contribution in [-0.4, -0.2) is 23.5 Å². The molecule has 0 N–H and O–H groups in total. The van der Waals surface area contributed by atoms with Gasteiger partial charge in [0.2, 0.25) is 18.5 Å². The fraction of sp³-hybridized carbons (Fsp3) is 0.205. The number of aromatic nitrogens is 2.